The van der Waals surface area contributed by atoms with Crippen LogP contribution in [-0.2, 0) is 0 Å². The smallest absolute Gasteiger partial charge is 0.197 e. The van der Waals surface area contributed by atoms with E-state index in [0.29, 0.717) is 11.3 Å². The number of nitrogens with one attached hydrogen (secondary N) is 1. The Morgan fingerprint density at radius 3 is 2.86 bits per heavy atom. The Bertz CT molecular complexity index is 467. The minimum Gasteiger partial charge on any atom is -0.369 e. The van der Waals surface area contributed by atoms with Gasteiger partial charge in [0.15, 0.2) is 11.8 Å². The number of aromatic amines is 1. The second kappa shape index (κ2) is 3.31. The first-order chi connectivity index (χ1) is 6.68. The number of imidazole rings is 1. The molecule has 0 saturated heterocycles. The summed E-state index contributed by atoms with van der Waals surface area (Å²) in [4.78, 5) is 6.50. The van der Waals surface area contributed by atoms with Gasteiger partial charge < -0.3 is 10.7 Å². The second-order valence-electron chi connectivity index (χ2n) is 2.78. The van der Waals surface area contributed by atoms with E-state index in [1.54, 1.807) is 12.1 Å². The molecule has 1 aromatic heterocycles. The van der Waals surface area contributed by atoms with Gasteiger partial charge in [-0.15, -0.1) is 0 Å². The number of hydrogen-bond acceptors (Lipinski definition) is 2. The van der Waals surface area contributed by atoms with E-state index in [2.05, 4.69) is 9.97 Å². The molecule has 0 atom stereocenters. The largest absolute Gasteiger partial charge is 0.369 e. The molecule has 0 saturated carbocycles. The Balaban J connectivity index is 2.57. The summed E-state index contributed by atoms with van der Waals surface area (Å²) in [6.45, 7) is 0. The molecule has 0 radical (unpaired) electrons. The number of nitrogen functional groups attached to an aromatic ring is 1. The van der Waals surface area contributed by atoms with Gasteiger partial charge in [0.1, 0.15) is 0 Å². The molecule has 1 heterocycles. The third-order valence-electron chi connectivity index (χ3n) is 1.84. The first kappa shape index (κ1) is 9.02. The van der Waals surface area contributed by atoms with Crippen molar-refractivity contribution in [3.8, 4) is 11.3 Å². The van der Waals surface area contributed by atoms with E-state index in [-0.39, 0.29) is 11.0 Å². The molecule has 14 heavy (non-hydrogen) atoms. The van der Waals surface area contributed by atoms with E-state index in [1.165, 1.54) is 12.3 Å². The van der Waals surface area contributed by atoms with E-state index >= 15 is 0 Å². The number of benzene rings is 1. The Morgan fingerprint density at radius 1 is 1.43 bits per heavy atom. The molecule has 5 heteroatoms. The van der Waals surface area contributed by atoms with Crippen LogP contribution in [0.2, 0.25) is 5.02 Å². The lowest BCUT2D eigenvalue weighted by Crippen LogP contribution is -1.87. The topological polar surface area (TPSA) is 54.7 Å². The third-order valence-corrected chi connectivity index (χ3v) is 2.13. The van der Waals surface area contributed by atoms with Crippen molar-refractivity contribution < 1.29 is 4.39 Å². The number of H-pyrrole nitrogens is 1. The van der Waals surface area contributed by atoms with Crippen molar-refractivity contribution in [2.24, 2.45) is 0 Å². The van der Waals surface area contributed by atoms with Gasteiger partial charge in [-0.2, -0.15) is 0 Å². The molecule has 72 valence electrons. The van der Waals surface area contributed by atoms with Crippen LogP contribution >= 0.6 is 11.6 Å². The van der Waals surface area contributed by atoms with Gasteiger partial charge >= 0.3 is 0 Å². The minimum atomic E-state index is -0.474. The van der Waals surface area contributed by atoms with Crippen molar-refractivity contribution in [3.05, 3.63) is 35.2 Å². The molecule has 0 aliphatic heterocycles. The summed E-state index contributed by atoms with van der Waals surface area (Å²) in [6.07, 6.45) is 1.46. The highest BCUT2D eigenvalue weighted by Gasteiger charge is 2.09. The number of halogens is 2. The summed E-state index contributed by atoms with van der Waals surface area (Å²) in [6, 6.07) is 4.76. The molecule has 0 amide bonds. The normalized spacial score (nSPS) is 10.4. The van der Waals surface area contributed by atoms with Gasteiger partial charge in [0, 0.05) is 5.56 Å². The van der Waals surface area contributed by atoms with Crippen LogP contribution < -0.4 is 5.73 Å². The molecule has 0 aliphatic rings. The fourth-order valence-corrected chi connectivity index (χ4v) is 1.36. The lowest BCUT2D eigenvalue weighted by molar-refractivity contribution is 0.631. The van der Waals surface area contributed by atoms with Gasteiger partial charge in [-0.1, -0.05) is 17.7 Å². The van der Waals surface area contributed by atoms with Crippen LogP contribution in [0.3, 0.4) is 0 Å². The first-order valence-corrected chi connectivity index (χ1v) is 4.31. The Kier molecular flexibility index (Phi) is 2.13. The van der Waals surface area contributed by atoms with Crippen LogP contribution in [0.15, 0.2) is 24.4 Å². The molecule has 0 aliphatic carbocycles. The van der Waals surface area contributed by atoms with Crippen molar-refractivity contribution >= 4 is 17.5 Å². The molecule has 0 unspecified atom stereocenters. The SMILES string of the molecule is Nc1ncc(-c2cccc(Cl)c2F)[nH]1. The molecule has 3 nitrogen and oxygen atoms in total. The zero-order valence-electron chi connectivity index (χ0n) is 7.09. The van der Waals surface area contributed by atoms with Crippen molar-refractivity contribution in [1.82, 2.24) is 9.97 Å². The van der Waals surface area contributed by atoms with Gasteiger partial charge in [0.05, 0.1) is 16.9 Å². The molecular weight excluding hydrogens is 205 g/mol. The van der Waals surface area contributed by atoms with Gasteiger partial charge in [-0.05, 0) is 12.1 Å². The predicted molar refractivity (Wildman–Crippen MR) is 53.4 cm³/mol. The fraction of sp³-hybridized carbons (Fsp3) is 0. The van der Waals surface area contributed by atoms with Crippen LogP contribution in [0.1, 0.15) is 0 Å². The summed E-state index contributed by atoms with van der Waals surface area (Å²) in [5.74, 6) is -0.225. The van der Waals surface area contributed by atoms with E-state index in [0.717, 1.165) is 0 Å². The van der Waals surface area contributed by atoms with E-state index in [9.17, 15) is 4.39 Å². The number of nitrogens with zero attached hydrogens (tertiary/aromatic N) is 1. The average molecular weight is 212 g/mol. The summed E-state index contributed by atoms with van der Waals surface area (Å²) in [7, 11) is 0. The second-order valence-corrected chi connectivity index (χ2v) is 3.19. The quantitative estimate of drug-likeness (QED) is 0.761. The summed E-state index contributed by atoms with van der Waals surface area (Å²) in [5.41, 5.74) is 6.26. The molecule has 2 aromatic rings. The van der Waals surface area contributed by atoms with Crippen molar-refractivity contribution in [2.45, 2.75) is 0 Å². The maximum atomic E-state index is 13.5. The van der Waals surface area contributed by atoms with E-state index in [4.69, 9.17) is 17.3 Å². The summed E-state index contributed by atoms with van der Waals surface area (Å²) >= 11 is 5.63. The van der Waals surface area contributed by atoms with Crippen molar-refractivity contribution in [1.29, 1.82) is 0 Å². The molecule has 1 aromatic carbocycles. The van der Waals surface area contributed by atoms with Gasteiger partial charge in [0.25, 0.3) is 0 Å². The maximum absolute atomic E-state index is 13.5. The standard InChI is InChI=1S/C9H7ClFN3/c10-6-3-1-2-5(8(6)11)7-4-13-9(12)14-7/h1-4H,(H3,12,13,14). The molecule has 0 spiro atoms. The third kappa shape index (κ3) is 1.44. The van der Waals surface area contributed by atoms with Gasteiger partial charge in [0.2, 0.25) is 0 Å². The van der Waals surface area contributed by atoms with Crippen LogP contribution in [0.4, 0.5) is 10.3 Å². The first-order valence-electron chi connectivity index (χ1n) is 3.93. The van der Waals surface area contributed by atoms with Crippen molar-refractivity contribution in [3.63, 3.8) is 0 Å². The van der Waals surface area contributed by atoms with Crippen LogP contribution in [-0.4, -0.2) is 9.97 Å². The monoisotopic (exact) mass is 211 g/mol. The molecule has 0 fully saturated rings. The molecule has 2 rings (SSSR count). The molecule has 3 N–H and O–H groups in total. The maximum Gasteiger partial charge on any atom is 0.197 e. The Morgan fingerprint density at radius 2 is 2.21 bits per heavy atom. The zero-order chi connectivity index (χ0) is 10.1. The lowest BCUT2D eigenvalue weighted by Gasteiger charge is -2.00. The Labute approximate surface area is 84.7 Å². The number of anilines is 1. The number of rotatable bonds is 1. The van der Waals surface area contributed by atoms with Gasteiger partial charge in [-0.3, -0.25) is 0 Å². The lowest BCUT2D eigenvalue weighted by atomic mass is 10.1. The highest BCUT2D eigenvalue weighted by atomic mass is 35.5. The number of nitrogens with two attached hydrogens (primary N) is 1. The Hall–Kier alpha value is -1.55. The minimum absolute atomic E-state index is 0.0793. The zero-order valence-corrected chi connectivity index (χ0v) is 7.85. The predicted octanol–water partition coefficient (Wildman–Crippen LogP) is 2.45. The fourth-order valence-electron chi connectivity index (χ4n) is 1.19. The van der Waals surface area contributed by atoms with E-state index < -0.39 is 5.82 Å². The van der Waals surface area contributed by atoms with Crippen LogP contribution in [0, 0.1) is 5.82 Å². The average Bonchev–Trinajstić information content (AvgIpc) is 2.57. The van der Waals surface area contributed by atoms with Crippen LogP contribution in [0.5, 0.6) is 0 Å². The highest BCUT2D eigenvalue weighted by molar-refractivity contribution is 6.31. The van der Waals surface area contributed by atoms with Crippen molar-refractivity contribution in [2.75, 3.05) is 5.73 Å². The summed E-state index contributed by atoms with van der Waals surface area (Å²) in [5, 5.41) is 0.0793. The number of aromatic nitrogens is 2. The van der Waals surface area contributed by atoms with Gasteiger partial charge in [-0.25, -0.2) is 9.37 Å². The molecular formula is C9H7ClFN3. The van der Waals surface area contributed by atoms with E-state index in [1.807, 2.05) is 0 Å². The molecule has 0 bridgehead atoms. The highest BCUT2D eigenvalue weighted by Crippen LogP contribution is 2.26. The van der Waals surface area contributed by atoms with Crippen LogP contribution in [0.25, 0.3) is 11.3 Å². The number of hydrogen-bond donors (Lipinski definition) is 2. The summed E-state index contributed by atoms with van der Waals surface area (Å²) < 4.78 is 13.5.